The van der Waals surface area contributed by atoms with Crippen molar-refractivity contribution in [1.29, 1.82) is 0 Å². The number of nitrogens with one attached hydrogen (secondary N) is 1. The maximum absolute atomic E-state index is 6.04. The molecule has 22 heavy (non-hydrogen) atoms. The molecule has 1 saturated heterocycles. The Labute approximate surface area is 134 Å². The molecule has 1 N–H and O–H groups in total. The number of ether oxygens (including phenoxy) is 2. The Hall–Kier alpha value is -1.85. The molecule has 1 atom stereocenters. The minimum absolute atomic E-state index is 0.132. The number of rotatable bonds is 5. The number of nitrogens with zero attached hydrogens (tertiary/aromatic N) is 2. The van der Waals surface area contributed by atoms with Crippen LogP contribution in [0.1, 0.15) is 18.9 Å². The van der Waals surface area contributed by atoms with Crippen molar-refractivity contribution in [2.45, 2.75) is 19.4 Å². The molecule has 0 radical (unpaired) electrons. The van der Waals surface area contributed by atoms with Crippen molar-refractivity contribution in [3.8, 4) is 5.88 Å². The van der Waals surface area contributed by atoms with Gasteiger partial charge in [0.1, 0.15) is 17.0 Å². The standard InChI is InChI=1S/C16H18ClN3O2/c1-3-21-10(2)13-8-20-16(22-11-4-5-18-7-11)14-9-19-15(17)6-12(13)14/h6,8-9,11,18H,2-5,7H2,1H3/t11-/m0/s1. The lowest BCUT2D eigenvalue weighted by atomic mass is 10.1. The number of fused-ring (bicyclic) bond motifs is 1. The van der Waals surface area contributed by atoms with E-state index in [0.29, 0.717) is 23.4 Å². The highest BCUT2D eigenvalue weighted by Crippen LogP contribution is 2.31. The average molecular weight is 320 g/mol. The van der Waals surface area contributed by atoms with E-state index in [1.165, 1.54) is 0 Å². The Morgan fingerprint density at radius 1 is 1.41 bits per heavy atom. The van der Waals surface area contributed by atoms with E-state index < -0.39 is 0 Å². The van der Waals surface area contributed by atoms with Crippen LogP contribution in [0.25, 0.3) is 16.5 Å². The number of hydrogen-bond donors (Lipinski definition) is 1. The minimum atomic E-state index is 0.132. The lowest BCUT2D eigenvalue weighted by Gasteiger charge is -2.16. The van der Waals surface area contributed by atoms with E-state index in [4.69, 9.17) is 21.1 Å². The molecule has 116 valence electrons. The van der Waals surface area contributed by atoms with Gasteiger partial charge in [0.25, 0.3) is 0 Å². The van der Waals surface area contributed by atoms with Crippen LogP contribution in [-0.2, 0) is 4.74 Å². The van der Waals surface area contributed by atoms with E-state index in [9.17, 15) is 0 Å². The van der Waals surface area contributed by atoms with Crippen molar-refractivity contribution in [2.24, 2.45) is 0 Å². The molecule has 6 heteroatoms. The van der Waals surface area contributed by atoms with Gasteiger partial charge in [0.2, 0.25) is 5.88 Å². The van der Waals surface area contributed by atoms with Crippen LogP contribution in [-0.4, -0.2) is 35.8 Å². The number of pyridine rings is 2. The van der Waals surface area contributed by atoms with E-state index >= 15 is 0 Å². The molecule has 0 spiro atoms. The molecule has 3 rings (SSSR count). The second kappa shape index (κ2) is 6.50. The summed E-state index contributed by atoms with van der Waals surface area (Å²) in [4.78, 5) is 8.58. The molecule has 1 aliphatic rings. The van der Waals surface area contributed by atoms with Crippen molar-refractivity contribution in [2.75, 3.05) is 19.7 Å². The third-order valence-corrected chi connectivity index (χ3v) is 3.82. The van der Waals surface area contributed by atoms with Gasteiger partial charge < -0.3 is 14.8 Å². The summed E-state index contributed by atoms with van der Waals surface area (Å²) in [7, 11) is 0. The summed E-state index contributed by atoms with van der Waals surface area (Å²) >= 11 is 6.04. The molecule has 1 fully saturated rings. The van der Waals surface area contributed by atoms with Crippen molar-refractivity contribution >= 4 is 28.1 Å². The van der Waals surface area contributed by atoms with Crippen LogP contribution in [0.5, 0.6) is 5.88 Å². The minimum Gasteiger partial charge on any atom is -0.494 e. The molecule has 2 aromatic rings. The topological polar surface area (TPSA) is 56.3 Å². The normalized spacial score (nSPS) is 17.6. The highest BCUT2D eigenvalue weighted by Gasteiger charge is 2.19. The zero-order valence-electron chi connectivity index (χ0n) is 12.4. The molecule has 0 bridgehead atoms. The predicted molar refractivity (Wildman–Crippen MR) is 87.1 cm³/mol. The molecule has 0 unspecified atom stereocenters. The first-order valence-corrected chi connectivity index (χ1v) is 7.70. The third-order valence-electron chi connectivity index (χ3n) is 3.61. The molecule has 0 saturated carbocycles. The first-order chi connectivity index (χ1) is 10.7. The zero-order chi connectivity index (χ0) is 15.5. The average Bonchev–Trinajstić information content (AvgIpc) is 3.00. The maximum Gasteiger partial charge on any atom is 0.223 e. The third kappa shape index (κ3) is 3.00. The summed E-state index contributed by atoms with van der Waals surface area (Å²) in [6.07, 6.45) is 4.50. The van der Waals surface area contributed by atoms with Gasteiger partial charge in [-0.05, 0) is 26.0 Å². The Kier molecular flexibility index (Phi) is 4.45. The Morgan fingerprint density at radius 3 is 3.00 bits per heavy atom. The van der Waals surface area contributed by atoms with Gasteiger partial charge in [-0.2, -0.15) is 0 Å². The lowest BCUT2D eigenvalue weighted by molar-refractivity contribution is 0.217. The van der Waals surface area contributed by atoms with Crippen LogP contribution in [0.15, 0.2) is 25.0 Å². The molecule has 5 nitrogen and oxygen atoms in total. The van der Waals surface area contributed by atoms with Gasteiger partial charge in [0.05, 0.1) is 12.0 Å². The number of aromatic nitrogens is 2. The van der Waals surface area contributed by atoms with Gasteiger partial charge >= 0.3 is 0 Å². The Morgan fingerprint density at radius 2 is 2.27 bits per heavy atom. The fourth-order valence-electron chi connectivity index (χ4n) is 2.54. The molecule has 3 heterocycles. The SMILES string of the molecule is C=C(OCC)c1cnc(O[C@H]2CCNC2)c2cnc(Cl)cc12. The van der Waals surface area contributed by atoms with Crippen LogP contribution >= 0.6 is 11.6 Å². The highest BCUT2D eigenvalue weighted by molar-refractivity contribution is 6.30. The van der Waals surface area contributed by atoms with Gasteiger partial charge in [0.15, 0.2) is 0 Å². The second-order valence-electron chi connectivity index (χ2n) is 5.12. The monoisotopic (exact) mass is 319 g/mol. The second-order valence-corrected chi connectivity index (χ2v) is 5.51. The van der Waals surface area contributed by atoms with E-state index in [1.54, 1.807) is 18.5 Å². The molecular weight excluding hydrogens is 302 g/mol. The summed E-state index contributed by atoms with van der Waals surface area (Å²) in [5.41, 5.74) is 0.804. The van der Waals surface area contributed by atoms with Gasteiger partial charge in [-0.25, -0.2) is 9.97 Å². The van der Waals surface area contributed by atoms with Gasteiger partial charge in [-0.15, -0.1) is 0 Å². The molecule has 0 aromatic carbocycles. The summed E-state index contributed by atoms with van der Waals surface area (Å²) in [5.74, 6) is 1.14. The Balaban J connectivity index is 2.04. The van der Waals surface area contributed by atoms with E-state index in [0.717, 1.165) is 35.8 Å². The summed E-state index contributed by atoms with van der Waals surface area (Å²) < 4.78 is 11.5. The van der Waals surface area contributed by atoms with Gasteiger partial charge in [0, 0.05) is 29.9 Å². The fourth-order valence-corrected chi connectivity index (χ4v) is 2.70. The summed E-state index contributed by atoms with van der Waals surface area (Å²) in [5, 5.41) is 5.39. The number of hydrogen-bond acceptors (Lipinski definition) is 5. The van der Waals surface area contributed by atoms with Crippen molar-refractivity contribution < 1.29 is 9.47 Å². The molecule has 0 aliphatic carbocycles. The predicted octanol–water partition coefficient (Wildman–Crippen LogP) is 3.03. The van der Waals surface area contributed by atoms with Crippen LogP contribution in [0, 0.1) is 0 Å². The maximum atomic E-state index is 6.04. The van der Waals surface area contributed by atoms with Crippen molar-refractivity contribution in [3.05, 3.63) is 35.8 Å². The molecule has 2 aromatic heterocycles. The zero-order valence-corrected chi connectivity index (χ0v) is 13.2. The van der Waals surface area contributed by atoms with E-state index in [-0.39, 0.29) is 6.10 Å². The number of halogens is 1. The highest BCUT2D eigenvalue weighted by atomic mass is 35.5. The molecule has 1 aliphatic heterocycles. The first kappa shape index (κ1) is 15.1. The molecular formula is C16H18ClN3O2. The van der Waals surface area contributed by atoms with Crippen LogP contribution in [0.3, 0.4) is 0 Å². The lowest BCUT2D eigenvalue weighted by Crippen LogP contribution is -2.20. The smallest absolute Gasteiger partial charge is 0.223 e. The van der Waals surface area contributed by atoms with Crippen LogP contribution in [0.2, 0.25) is 5.15 Å². The summed E-state index contributed by atoms with van der Waals surface area (Å²) in [6.45, 7) is 8.21. The van der Waals surface area contributed by atoms with Gasteiger partial charge in [-0.3, -0.25) is 0 Å². The van der Waals surface area contributed by atoms with Crippen molar-refractivity contribution in [3.63, 3.8) is 0 Å². The van der Waals surface area contributed by atoms with E-state index in [1.807, 2.05) is 6.92 Å². The summed E-state index contributed by atoms with van der Waals surface area (Å²) in [6, 6.07) is 1.79. The quantitative estimate of drug-likeness (QED) is 0.678. The first-order valence-electron chi connectivity index (χ1n) is 7.32. The largest absolute Gasteiger partial charge is 0.494 e. The van der Waals surface area contributed by atoms with Crippen molar-refractivity contribution in [1.82, 2.24) is 15.3 Å². The Bertz CT molecular complexity index is 699. The molecule has 0 amide bonds. The fraction of sp³-hybridized carbons (Fsp3) is 0.375. The van der Waals surface area contributed by atoms with Crippen LogP contribution < -0.4 is 10.1 Å². The van der Waals surface area contributed by atoms with Crippen LogP contribution in [0.4, 0.5) is 0 Å². The van der Waals surface area contributed by atoms with E-state index in [2.05, 4.69) is 21.9 Å². The van der Waals surface area contributed by atoms with Gasteiger partial charge in [-0.1, -0.05) is 18.2 Å².